The molecular weight excluding hydrogens is 283 g/mol. The van der Waals surface area contributed by atoms with E-state index in [4.69, 9.17) is 0 Å². The molecule has 4 nitrogen and oxygen atoms in total. The fraction of sp³-hybridized carbons (Fsp3) is 0.529. The highest BCUT2D eigenvalue weighted by Gasteiger charge is 2.28. The molecule has 22 heavy (non-hydrogen) atoms. The van der Waals surface area contributed by atoms with Crippen LogP contribution in [0, 0.1) is 12.7 Å². The standard InChI is InChI=1S/C17H23FN2O2/c1-3-5-16(21)20-9-4-6-14(20)11-19-17(22)13-8-7-12(2)15(18)10-13/h7-8,10,14H,3-6,9,11H2,1-2H3,(H,19,22)/t14-/m0/s1. The largest absolute Gasteiger partial charge is 0.350 e. The lowest BCUT2D eigenvalue weighted by Crippen LogP contribution is -2.43. The van der Waals surface area contributed by atoms with Gasteiger partial charge in [-0.05, 0) is 43.9 Å². The summed E-state index contributed by atoms with van der Waals surface area (Å²) in [6, 6.07) is 4.51. The third kappa shape index (κ3) is 3.84. The Morgan fingerprint density at radius 2 is 2.18 bits per heavy atom. The predicted octanol–water partition coefficient (Wildman–Crippen LogP) is 2.66. The number of nitrogens with one attached hydrogen (secondary N) is 1. The van der Waals surface area contributed by atoms with Crippen LogP contribution in [0.5, 0.6) is 0 Å². The maximum absolute atomic E-state index is 13.5. The second kappa shape index (κ2) is 7.38. The zero-order valence-corrected chi connectivity index (χ0v) is 13.2. The Morgan fingerprint density at radius 1 is 1.41 bits per heavy atom. The normalized spacial score (nSPS) is 17.6. The molecule has 0 aliphatic carbocycles. The lowest BCUT2D eigenvalue weighted by Gasteiger charge is -2.25. The van der Waals surface area contributed by atoms with Crippen molar-refractivity contribution in [2.24, 2.45) is 0 Å². The first-order chi connectivity index (χ1) is 10.5. The van der Waals surface area contributed by atoms with E-state index in [0.717, 1.165) is 25.8 Å². The molecule has 2 amide bonds. The molecule has 1 aliphatic heterocycles. The maximum atomic E-state index is 13.5. The first kappa shape index (κ1) is 16.5. The summed E-state index contributed by atoms with van der Waals surface area (Å²) in [5.41, 5.74) is 0.830. The summed E-state index contributed by atoms with van der Waals surface area (Å²) in [6.07, 6.45) is 3.25. The Labute approximate surface area is 130 Å². The number of carbonyl (C=O) groups is 2. The fourth-order valence-corrected chi connectivity index (χ4v) is 2.78. The number of aryl methyl sites for hydroxylation is 1. The van der Waals surface area contributed by atoms with Gasteiger partial charge in [-0.2, -0.15) is 0 Å². The first-order valence-electron chi connectivity index (χ1n) is 7.86. The van der Waals surface area contributed by atoms with Crippen molar-refractivity contribution in [3.8, 4) is 0 Å². The van der Waals surface area contributed by atoms with Crippen LogP contribution < -0.4 is 5.32 Å². The van der Waals surface area contributed by atoms with Crippen LogP contribution in [0.15, 0.2) is 18.2 Å². The van der Waals surface area contributed by atoms with Gasteiger partial charge in [0, 0.05) is 31.1 Å². The molecule has 0 aromatic heterocycles. The molecule has 0 unspecified atom stereocenters. The number of carbonyl (C=O) groups excluding carboxylic acids is 2. The Morgan fingerprint density at radius 3 is 2.86 bits per heavy atom. The van der Waals surface area contributed by atoms with Crippen LogP contribution in [-0.2, 0) is 4.79 Å². The molecule has 2 rings (SSSR count). The van der Waals surface area contributed by atoms with E-state index < -0.39 is 0 Å². The highest BCUT2D eigenvalue weighted by Crippen LogP contribution is 2.18. The van der Waals surface area contributed by atoms with Gasteiger partial charge in [-0.15, -0.1) is 0 Å². The van der Waals surface area contributed by atoms with Crippen LogP contribution in [0.2, 0.25) is 0 Å². The van der Waals surface area contributed by atoms with Crippen LogP contribution in [0.25, 0.3) is 0 Å². The van der Waals surface area contributed by atoms with Crippen molar-refractivity contribution in [1.29, 1.82) is 0 Å². The van der Waals surface area contributed by atoms with Gasteiger partial charge in [-0.25, -0.2) is 4.39 Å². The van der Waals surface area contributed by atoms with Crippen LogP contribution in [0.3, 0.4) is 0 Å². The van der Waals surface area contributed by atoms with Gasteiger partial charge >= 0.3 is 0 Å². The second-order valence-corrected chi connectivity index (χ2v) is 5.81. The van der Waals surface area contributed by atoms with Gasteiger partial charge in [0.1, 0.15) is 5.82 Å². The monoisotopic (exact) mass is 306 g/mol. The summed E-state index contributed by atoms with van der Waals surface area (Å²) in [5, 5.41) is 2.82. The average molecular weight is 306 g/mol. The van der Waals surface area contributed by atoms with Crippen LogP contribution >= 0.6 is 0 Å². The molecule has 5 heteroatoms. The molecule has 1 atom stereocenters. The van der Waals surface area contributed by atoms with E-state index in [9.17, 15) is 14.0 Å². The number of halogens is 1. The molecule has 0 spiro atoms. The van der Waals surface area contributed by atoms with Gasteiger partial charge in [0.05, 0.1) is 0 Å². The minimum atomic E-state index is -0.381. The number of benzene rings is 1. The molecule has 1 aromatic rings. The molecule has 1 saturated heterocycles. The molecule has 1 fully saturated rings. The lowest BCUT2D eigenvalue weighted by atomic mass is 10.1. The van der Waals surface area contributed by atoms with Gasteiger partial charge in [-0.3, -0.25) is 9.59 Å². The van der Waals surface area contributed by atoms with E-state index in [0.29, 0.717) is 24.1 Å². The average Bonchev–Trinajstić information content (AvgIpc) is 2.96. The zero-order valence-electron chi connectivity index (χ0n) is 13.2. The predicted molar refractivity (Wildman–Crippen MR) is 83.1 cm³/mol. The number of hydrogen-bond donors (Lipinski definition) is 1. The van der Waals surface area contributed by atoms with E-state index >= 15 is 0 Å². The van der Waals surface area contributed by atoms with Gasteiger partial charge in [0.25, 0.3) is 5.91 Å². The molecule has 0 radical (unpaired) electrons. The maximum Gasteiger partial charge on any atom is 0.251 e. The Balaban J connectivity index is 1.92. The van der Waals surface area contributed by atoms with Gasteiger partial charge in [0.15, 0.2) is 0 Å². The van der Waals surface area contributed by atoms with E-state index in [1.807, 2.05) is 11.8 Å². The van der Waals surface area contributed by atoms with Crippen molar-refractivity contribution >= 4 is 11.8 Å². The molecule has 1 N–H and O–H groups in total. The number of rotatable bonds is 5. The zero-order chi connectivity index (χ0) is 16.1. The Bertz CT molecular complexity index is 560. The lowest BCUT2D eigenvalue weighted by molar-refractivity contribution is -0.131. The molecule has 1 aromatic carbocycles. The third-order valence-corrected chi connectivity index (χ3v) is 4.09. The van der Waals surface area contributed by atoms with Crippen molar-refractivity contribution in [3.05, 3.63) is 35.1 Å². The van der Waals surface area contributed by atoms with Crippen LogP contribution in [0.4, 0.5) is 4.39 Å². The molecule has 0 bridgehead atoms. The Kier molecular flexibility index (Phi) is 5.52. The van der Waals surface area contributed by atoms with Gasteiger partial charge < -0.3 is 10.2 Å². The van der Waals surface area contributed by atoms with Crippen molar-refractivity contribution in [2.75, 3.05) is 13.1 Å². The number of likely N-dealkylation sites (tertiary alicyclic amines) is 1. The first-order valence-corrected chi connectivity index (χ1v) is 7.86. The molecule has 1 heterocycles. The fourth-order valence-electron chi connectivity index (χ4n) is 2.78. The molecular formula is C17H23FN2O2. The number of nitrogens with zero attached hydrogens (tertiary/aromatic N) is 1. The van der Waals surface area contributed by atoms with E-state index in [-0.39, 0.29) is 23.7 Å². The van der Waals surface area contributed by atoms with Crippen molar-refractivity contribution < 1.29 is 14.0 Å². The van der Waals surface area contributed by atoms with Crippen LogP contribution in [0.1, 0.15) is 48.5 Å². The summed E-state index contributed by atoms with van der Waals surface area (Å²) < 4.78 is 13.5. The van der Waals surface area contributed by atoms with E-state index in [1.165, 1.54) is 6.07 Å². The van der Waals surface area contributed by atoms with E-state index in [2.05, 4.69) is 5.32 Å². The third-order valence-electron chi connectivity index (χ3n) is 4.09. The quantitative estimate of drug-likeness (QED) is 0.909. The topological polar surface area (TPSA) is 49.4 Å². The van der Waals surface area contributed by atoms with E-state index in [1.54, 1.807) is 19.1 Å². The Hall–Kier alpha value is -1.91. The van der Waals surface area contributed by atoms with Gasteiger partial charge in [0.2, 0.25) is 5.91 Å². The minimum Gasteiger partial charge on any atom is -0.350 e. The minimum absolute atomic E-state index is 0.0540. The molecule has 1 aliphatic rings. The van der Waals surface area contributed by atoms with Gasteiger partial charge in [-0.1, -0.05) is 13.0 Å². The highest BCUT2D eigenvalue weighted by atomic mass is 19.1. The van der Waals surface area contributed by atoms with Crippen molar-refractivity contribution in [1.82, 2.24) is 10.2 Å². The summed E-state index contributed by atoms with van der Waals surface area (Å²) >= 11 is 0. The number of amides is 2. The summed E-state index contributed by atoms with van der Waals surface area (Å²) in [7, 11) is 0. The smallest absolute Gasteiger partial charge is 0.251 e. The summed E-state index contributed by atoms with van der Waals surface area (Å²) in [5.74, 6) is -0.525. The van der Waals surface area contributed by atoms with Crippen LogP contribution in [-0.4, -0.2) is 35.8 Å². The summed E-state index contributed by atoms with van der Waals surface area (Å²) in [4.78, 5) is 26.0. The second-order valence-electron chi connectivity index (χ2n) is 5.81. The number of hydrogen-bond acceptors (Lipinski definition) is 2. The van der Waals surface area contributed by atoms with Crippen molar-refractivity contribution in [2.45, 2.75) is 45.6 Å². The highest BCUT2D eigenvalue weighted by molar-refractivity contribution is 5.94. The summed E-state index contributed by atoms with van der Waals surface area (Å²) in [6.45, 7) is 4.83. The molecule has 0 saturated carbocycles. The molecule has 120 valence electrons. The SMILES string of the molecule is CCCC(=O)N1CCC[C@H]1CNC(=O)c1ccc(C)c(F)c1. The van der Waals surface area contributed by atoms with Crippen molar-refractivity contribution in [3.63, 3.8) is 0 Å².